The van der Waals surface area contributed by atoms with Crippen LogP contribution in [0.1, 0.15) is 28.7 Å². The van der Waals surface area contributed by atoms with Gasteiger partial charge >= 0.3 is 0 Å². The van der Waals surface area contributed by atoms with Crippen LogP contribution in [0.3, 0.4) is 0 Å². The van der Waals surface area contributed by atoms with E-state index in [1.54, 1.807) is 18.3 Å². The van der Waals surface area contributed by atoms with E-state index in [-0.39, 0.29) is 0 Å². The first-order valence-corrected chi connectivity index (χ1v) is 10.4. The Morgan fingerprint density at radius 3 is 2.55 bits per heavy atom. The summed E-state index contributed by atoms with van der Waals surface area (Å²) in [6.07, 6.45) is 4.98. The number of aromatic nitrogens is 2. The van der Waals surface area contributed by atoms with E-state index >= 15 is 0 Å². The van der Waals surface area contributed by atoms with Gasteiger partial charge in [0.25, 0.3) is 0 Å². The number of nitriles is 1. The second-order valence-electron chi connectivity index (χ2n) is 8.16. The summed E-state index contributed by atoms with van der Waals surface area (Å²) in [6.45, 7) is 5.28. The van der Waals surface area contributed by atoms with Crippen LogP contribution >= 0.6 is 0 Å². The first-order chi connectivity index (χ1) is 15.1. The van der Waals surface area contributed by atoms with Gasteiger partial charge in [-0.1, -0.05) is 0 Å². The zero-order chi connectivity index (χ0) is 21.4. The molecule has 7 heteroatoms. The molecule has 2 aliphatic rings. The second kappa shape index (κ2) is 7.73. The molecule has 1 saturated heterocycles. The molecule has 2 heterocycles. The van der Waals surface area contributed by atoms with Gasteiger partial charge < -0.3 is 10.6 Å². The van der Waals surface area contributed by atoms with Crippen LogP contribution in [0.2, 0.25) is 0 Å². The van der Waals surface area contributed by atoms with E-state index in [1.165, 1.54) is 6.42 Å². The molecule has 0 radical (unpaired) electrons. The van der Waals surface area contributed by atoms with Crippen molar-refractivity contribution in [3.05, 3.63) is 70.9 Å². The fourth-order valence-electron chi connectivity index (χ4n) is 3.95. The molecule has 3 aromatic rings. The third-order valence-electron chi connectivity index (χ3n) is 5.78. The molecule has 2 unspecified atom stereocenters. The molecule has 2 aromatic carbocycles. The van der Waals surface area contributed by atoms with Gasteiger partial charge in [0.2, 0.25) is 5.95 Å². The van der Waals surface area contributed by atoms with Crippen molar-refractivity contribution >= 4 is 29.4 Å². The number of nitrogens with one attached hydrogen (secondary N) is 2. The summed E-state index contributed by atoms with van der Waals surface area (Å²) in [7, 11) is 0. The quantitative estimate of drug-likeness (QED) is 0.583. The second-order valence-corrected chi connectivity index (χ2v) is 8.16. The molecule has 1 aromatic heterocycles. The topological polar surface area (TPSA) is 89.2 Å². The Morgan fingerprint density at radius 2 is 1.90 bits per heavy atom. The fraction of sp³-hybridized carbons (Fsp3) is 0.250. The summed E-state index contributed by atoms with van der Waals surface area (Å²) in [4.78, 5) is 8.86. The summed E-state index contributed by atoms with van der Waals surface area (Å²) in [6, 6.07) is 16.1. The first-order valence-electron chi connectivity index (χ1n) is 10.4. The Kier molecular flexibility index (Phi) is 4.75. The predicted molar refractivity (Wildman–Crippen MR) is 122 cm³/mol. The van der Waals surface area contributed by atoms with Gasteiger partial charge in [-0.3, -0.25) is 5.01 Å². The number of rotatable bonds is 6. The minimum Gasteiger partial charge on any atom is -0.340 e. The number of hydrogen-bond donors (Lipinski definition) is 2. The summed E-state index contributed by atoms with van der Waals surface area (Å²) in [5, 5.41) is 22.3. The Balaban J connectivity index is 1.29. The van der Waals surface area contributed by atoms with Crippen LogP contribution in [0.5, 0.6) is 0 Å². The van der Waals surface area contributed by atoms with Gasteiger partial charge in [0.1, 0.15) is 5.82 Å². The lowest BCUT2D eigenvalue weighted by atomic mass is 10.0. The SMILES string of the molecule is Cc1cc(/C=N\N2CC3CC32)cc(C)c1Nc1ccnc(Nc2ccc(C#N)cc2)n1. The lowest BCUT2D eigenvalue weighted by Gasteiger charge is -2.26. The first kappa shape index (κ1) is 19.1. The van der Waals surface area contributed by atoms with Crippen LogP contribution in [0.15, 0.2) is 53.8 Å². The van der Waals surface area contributed by atoms with Gasteiger partial charge in [-0.15, -0.1) is 0 Å². The van der Waals surface area contributed by atoms with Gasteiger partial charge in [-0.25, -0.2) is 4.98 Å². The highest BCUT2D eigenvalue weighted by atomic mass is 15.5. The van der Waals surface area contributed by atoms with E-state index in [0.717, 1.165) is 40.5 Å². The number of hydrazone groups is 1. The van der Waals surface area contributed by atoms with Crippen molar-refractivity contribution in [1.29, 1.82) is 5.26 Å². The van der Waals surface area contributed by atoms with Crippen LogP contribution in [0.4, 0.5) is 23.1 Å². The van der Waals surface area contributed by atoms with Crippen LogP contribution in [0, 0.1) is 31.1 Å². The predicted octanol–water partition coefficient (Wildman–Crippen LogP) is 4.49. The molecular weight excluding hydrogens is 386 g/mol. The highest BCUT2D eigenvalue weighted by molar-refractivity contribution is 5.82. The number of benzene rings is 2. The van der Waals surface area contributed by atoms with E-state index in [9.17, 15) is 0 Å². The molecule has 154 valence electrons. The van der Waals surface area contributed by atoms with E-state index in [1.807, 2.05) is 24.4 Å². The summed E-state index contributed by atoms with van der Waals surface area (Å²) in [5.41, 5.74) is 5.85. The third-order valence-corrected chi connectivity index (χ3v) is 5.78. The highest BCUT2D eigenvalue weighted by Gasteiger charge is 2.52. The normalized spacial score (nSPS) is 18.8. The minimum atomic E-state index is 0.488. The molecule has 1 aliphatic carbocycles. The summed E-state index contributed by atoms with van der Waals surface area (Å²) >= 11 is 0. The smallest absolute Gasteiger partial charge is 0.229 e. The molecule has 0 bridgehead atoms. The molecular formula is C24H23N7. The Morgan fingerprint density at radius 1 is 1.13 bits per heavy atom. The number of nitrogens with zero attached hydrogens (tertiary/aromatic N) is 5. The van der Waals surface area contributed by atoms with Crippen molar-refractivity contribution in [2.24, 2.45) is 11.0 Å². The van der Waals surface area contributed by atoms with Crippen LogP contribution < -0.4 is 10.6 Å². The molecule has 5 rings (SSSR count). The number of anilines is 4. The molecule has 1 saturated carbocycles. The number of aryl methyl sites for hydroxylation is 2. The standard InChI is InChI=1S/C24H23N7/c1-15-9-18(13-27-31-14-19-11-21(19)31)10-16(2)23(15)29-22-7-8-26-24(30-22)28-20-5-3-17(12-25)4-6-20/h3-10,13,19,21H,11,14H2,1-2H3,(H2,26,28,29,30)/b27-13-. The van der Waals surface area contributed by atoms with Crippen molar-refractivity contribution in [3.8, 4) is 6.07 Å². The molecule has 31 heavy (non-hydrogen) atoms. The van der Waals surface area contributed by atoms with Crippen LogP contribution in [-0.4, -0.2) is 33.8 Å². The molecule has 7 nitrogen and oxygen atoms in total. The maximum absolute atomic E-state index is 8.92. The zero-order valence-corrected chi connectivity index (χ0v) is 17.5. The highest BCUT2D eigenvalue weighted by Crippen LogP contribution is 2.46. The van der Waals surface area contributed by atoms with E-state index in [2.05, 4.69) is 62.8 Å². The molecule has 0 spiro atoms. The zero-order valence-electron chi connectivity index (χ0n) is 17.5. The third kappa shape index (κ3) is 4.05. The maximum Gasteiger partial charge on any atom is 0.229 e. The molecule has 2 atom stereocenters. The van der Waals surface area contributed by atoms with Gasteiger partial charge in [0, 0.05) is 30.0 Å². The molecule has 1 aliphatic heterocycles. The number of fused-ring (bicyclic) bond motifs is 1. The lowest BCUT2D eigenvalue weighted by Crippen LogP contribution is -2.34. The Labute approximate surface area is 181 Å². The van der Waals surface area contributed by atoms with E-state index in [0.29, 0.717) is 23.4 Å². The van der Waals surface area contributed by atoms with Gasteiger partial charge in [-0.2, -0.15) is 15.3 Å². The summed E-state index contributed by atoms with van der Waals surface area (Å²) < 4.78 is 0. The Hall–Kier alpha value is -3.92. The minimum absolute atomic E-state index is 0.488. The average molecular weight is 409 g/mol. The van der Waals surface area contributed by atoms with Crippen LogP contribution in [0.25, 0.3) is 0 Å². The van der Waals surface area contributed by atoms with E-state index in [4.69, 9.17) is 5.26 Å². The largest absolute Gasteiger partial charge is 0.340 e. The maximum atomic E-state index is 8.92. The Bertz CT molecular complexity index is 1170. The van der Waals surface area contributed by atoms with Crippen molar-refractivity contribution in [2.45, 2.75) is 26.3 Å². The van der Waals surface area contributed by atoms with E-state index < -0.39 is 0 Å². The molecule has 2 fully saturated rings. The average Bonchev–Trinajstić information content (AvgIpc) is 3.41. The van der Waals surface area contributed by atoms with Crippen molar-refractivity contribution in [3.63, 3.8) is 0 Å². The lowest BCUT2D eigenvalue weighted by molar-refractivity contribution is 0.178. The van der Waals surface area contributed by atoms with Gasteiger partial charge in [0.15, 0.2) is 0 Å². The fourth-order valence-corrected chi connectivity index (χ4v) is 3.95. The van der Waals surface area contributed by atoms with Gasteiger partial charge in [0.05, 0.1) is 23.9 Å². The van der Waals surface area contributed by atoms with Gasteiger partial charge in [-0.05, 0) is 79.4 Å². The summed E-state index contributed by atoms with van der Waals surface area (Å²) in [5.74, 6) is 2.09. The monoisotopic (exact) mass is 409 g/mol. The van der Waals surface area contributed by atoms with Crippen molar-refractivity contribution in [1.82, 2.24) is 15.0 Å². The molecule has 0 amide bonds. The van der Waals surface area contributed by atoms with Crippen LogP contribution in [-0.2, 0) is 0 Å². The van der Waals surface area contributed by atoms with Crippen molar-refractivity contribution < 1.29 is 0 Å². The number of hydrogen-bond acceptors (Lipinski definition) is 7. The van der Waals surface area contributed by atoms with Crippen molar-refractivity contribution in [2.75, 3.05) is 17.2 Å². The molecule has 2 N–H and O–H groups in total.